The van der Waals surface area contributed by atoms with Gasteiger partial charge >= 0.3 is 0 Å². The number of rotatable bonds is 7. The number of hydrogen-bond acceptors (Lipinski definition) is 6. The van der Waals surface area contributed by atoms with E-state index in [0.29, 0.717) is 50.8 Å². The molecule has 1 atom stereocenters. The second kappa shape index (κ2) is 11.9. The van der Waals surface area contributed by atoms with Crippen molar-refractivity contribution in [3.63, 3.8) is 0 Å². The highest BCUT2D eigenvalue weighted by Crippen LogP contribution is 2.38. The number of hydrogen-bond donors (Lipinski definition) is 0. The Bertz CT molecular complexity index is 1360. The predicted octanol–water partition coefficient (Wildman–Crippen LogP) is 4.08. The Hall–Kier alpha value is -4.14. The van der Waals surface area contributed by atoms with Gasteiger partial charge in [0.25, 0.3) is 5.91 Å². The Morgan fingerprint density at radius 1 is 1.00 bits per heavy atom. The first-order valence-corrected chi connectivity index (χ1v) is 13.9. The molecule has 1 saturated heterocycles. The minimum absolute atomic E-state index is 0.0140. The maximum absolute atomic E-state index is 13.2. The average molecular weight is 545 g/mol. The minimum atomic E-state index is -0.219. The first kappa shape index (κ1) is 27.4. The third-order valence-electron chi connectivity index (χ3n) is 7.51. The van der Waals surface area contributed by atoms with Crippen LogP contribution in [0.1, 0.15) is 66.3 Å². The van der Waals surface area contributed by atoms with Crippen LogP contribution in [0.2, 0.25) is 0 Å². The molecule has 2 aromatic carbocycles. The Kier molecular flexibility index (Phi) is 8.19. The zero-order valence-electron chi connectivity index (χ0n) is 23.3. The number of benzene rings is 2. The lowest BCUT2D eigenvalue weighted by Crippen LogP contribution is -2.50. The van der Waals surface area contributed by atoms with Crippen molar-refractivity contribution in [1.29, 1.82) is 0 Å². The van der Waals surface area contributed by atoms with Crippen LogP contribution in [0.15, 0.2) is 59.2 Å². The summed E-state index contributed by atoms with van der Waals surface area (Å²) < 4.78 is 11.6. The van der Waals surface area contributed by atoms with Crippen molar-refractivity contribution in [3.05, 3.63) is 83.1 Å². The molecular weight excluding hydrogens is 508 g/mol. The zero-order valence-corrected chi connectivity index (χ0v) is 23.3. The Morgan fingerprint density at radius 2 is 1.73 bits per heavy atom. The number of aromatic nitrogens is 1. The van der Waals surface area contributed by atoms with Crippen molar-refractivity contribution < 1.29 is 23.5 Å². The van der Waals surface area contributed by atoms with Crippen LogP contribution < -0.4 is 4.74 Å². The summed E-state index contributed by atoms with van der Waals surface area (Å²) in [5.74, 6) is 1.17. The SMILES string of the molecule is CC(=O)N1CCN(C(=O)c2coc(COc3ccc4c(c3)C(c3ccccc3)N(C(=O)CC(C)C)CC4)n2)CC1. The minimum Gasteiger partial charge on any atom is -0.484 e. The number of oxazole rings is 1. The molecule has 5 rings (SSSR count). The van der Waals surface area contributed by atoms with E-state index in [1.54, 1.807) is 9.80 Å². The number of ether oxygens (including phenoxy) is 1. The van der Waals surface area contributed by atoms with E-state index in [4.69, 9.17) is 9.15 Å². The monoisotopic (exact) mass is 544 g/mol. The van der Waals surface area contributed by atoms with Gasteiger partial charge in [-0.25, -0.2) is 4.98 Å². The molecule has 0 aliphatic carbocycles. The van der Waals surface area contributed by atoms with E-state index >= 15 is 0 Å². The van der Waals surface area contributed by atoms with Crippen molar-refractivity contribution in [2.24, 2.45) is 5.92 Å². The molecule has 0 N–H and O–H groups in total. The van der Waals surface area contributed by atoms with Gasteiger partial charge in [-0.2, -0.15) is 0 Å². The van der Waals surface area contributed by atoms with Gasteiger partial charge in [0, 0.05) is 46.1 Å². The van der Waals surface area contributed by atoms with Crippen molar-refractivity contribution in [3.8, 4) is 5.75 Å². The zero-order chi connectivity index (χ0) is 28.2. The molecule has 0 spiro atoms. The molecule has 2 aliphatic rings. The highest BCUT2D eigenvalue weighted by molar-refractivity contribution is 5.92. The Morgan fingerprint density at radius 3 is 2.42 bits per heavy atom. The summed E-state index contributed by atoms with van der Waals surface area (Å²) in [6.07, 6.45) is 2.65. The predicted molar refractivity (Wildman–Crippen MR) is 149 cm³/mol. The molecule has 3 heterocycles. The van der Waals surface area contributed by atoms with E-state index in [1.807, 2.05) is 35.2 Å². The molecule has 2 aliphatic heterocycles. The number of fused-ring (bicyclic) bond motifs is 1. The Balaban J connectivity index is 1.29. The van der Waals surface area contributed by atoms with Gasteiger partial charge < -0.3 is 23.9 Å². The third-order valence-corrected chi connectivity index (χ3v) is 7.51. The fraction of sp³-hybridized carbons (Fsp3) is 0.419. The van der Waals surface area contributed by atoms with E-state index in [2.05, 4.69) is 37.0 Å². The molecule has 9 nitrogen and oxygen atoms in total. The van der Waals surface area contributed by atoms with Gasteiger partial charge in [-0.1, -0.05) is 50.2 Å². The molecule has 0 bridgehead atoms. The standard InChI is InChI=1S/C31H36N4O5/c1-21(2)17-29(37)35-12-11-23-9-10-25(18-26(23)30(35)24-7-5-4-6-8-24)39-20-28-32-27(19-40-28)31(38)34-15-13-33(14-16-34)22(3)36/h4-10,18-19,21,30H,11-17,20H2,1-3H3. The summed E-state index contributed by atoms with van der Waals surface area (Å²) >= 11 is 0. The van der Waals surface area contributed by atoms with E-state index < -0.39 is 0 Å². The molecule has 0 radical (unpaired) electrons. The van der Waals surface area contributed by atoms with Crippen LogP contribution in [0.4, 0.5) is 0 Å². The molecule has 210 valence electrons. The number of piperazine rings is 1. The summed E-state index contributed by atoms with van der Waals surface area (Å²) in [6, 6.07) is 15.9. The van der Waals surface area contributed by atoms with E-state index in [0.717, 1.165) is 17.5 Å². The molecule has 40 heavy (non-hydrogen) atoms. The van der Waals surface area contributed by atoms with Gasteiger partial charge in [0.15, 0.2) is 12.3 Å². The second-order valence-corrected chi connectivity index (χ2v) is 10.8. The van der Waals surface area contributed by atoms with Crippen LogP contribution in [0.5, 0.6) is 5.75 Å². The number of carbonyl (C=O) groups is 3. The summed E-state index contributed by atoms with van der Waals surface area (Å²) in [4.78, 5) is 47.4. The molecule has 1 unspecified atom stereocenters. The topological polar surface area (TPSA) is 96.2 Å². The summed E-state index contributed by atoms with van der Waals surface area (Å²) in [5.41, 5.74) is 3.55. The molecule has 1 fully saturated rings. The van der Waals surface area contributed by atoms with Crippen molar-refractivity contribution in [1.82, 2.24) is 19.7 Å². The molecule has 1 aromatic heterocycles. The van der Waals surface area contributed by atoms with Crippen molar-refractivity contribution in [2.75, 3.05) is 32.7 Å². The van der Waals surface area contributed by atoms with Crippen LogP contribution in [-0.4, -0.2) is 70.1 Å². The fourth-order valence-electron chi connectivity index (χ4n) is 5.42. The lowest BCUT2D eigenvalue weighted by atomic mass is 9.87. The quantitative estimate of drug-likeness (QED) is 0.445. The van der Waals surface area contributed by atoms with Gasteiger partial charge in [0.1, 0.15) is 12.0 Å². The average Bonchev–Trinajstić information content (AvgIpc) is 3.44. The molecule has 0 saturated carbocycles. The second-order valence-electron chi connectivity index (χ2n) is 10.8. The summed E-state index contributed by atoms with van der Waals surface area (Å²) in [7, 11) is 0. The van der Waals surface area contributed by atoms with Crippen LogP contribution >= 0.6 is 0 Å². The molecule has 3 amide bonds. The van der Waals surface area contributed by atoms with Crippen molar-refractivity contribution >= 4 is 17.7 Å². The number of nitrogens with zero attached hydrogens (tertiary/aromatic N) is 4. The number of amides is 3. The van der Waals surface area contributed by atoms with Crippen LogP contribution in [0, 0.1) is 5.92 Å². The van der Waals surface area contributed by atoms with Crippen molar-refractivity contribution in [2.45, 2.75) is 46.3 Å². The smallest absolute Gasteiger partial charge is 0.275 e. The van der Waals surface area contributed by atoms with Gasteiger partial charge in [0.05, 0.1) is 6.04 Å². The van der Waals surface area contributed by atoms with E-state index in [9.17, 15) is 14.4 Å². The normalized spacial score (nSPS) is 17.1. The van der Waals surface area contributed by atoms with Gasteiger partial charge in [-0.3, -0.25) is 14.4 Å². The highest BCUT2D eigenvalue weighted by Gasteiger charge is 2.32. The Labute approximate surface area is 234 Å². The van der Waals surface area contributed by atoms with Gasteiger partial charge in [-0.05, 0) is 41.2 Å². The maximum Gasteiger partial charge on any atom is 0.275 e. The molecular formula is C31H36N4O5. The summed E-state index contributed by atoms with van der Waals surface area (Å²) in [6.45, 7) is 8.36. The van der Waals surface area contributed by atoms with Gasteiger partial charge in [0.2, 0.25) is 17.7 Å². The highest BCUT2D eigenvalue weighted by atomic mass is 16.5. The van der Waals surface area contributed by atoms with Crippen LogP contribution in [0.3, 0.4) is 0 Å². The molecule has 3 aromatic rings. The third kappa shape index (κ3) is 6.03. The lowest BCUT2D eigenvalue weighted by Gasteiger charge is -2.38. The van der Waals surface area contributed by atoms with Crippen LogP contribution in [-0.2, 0) is 22.6 Å². The largest absolute Gasteiger partial charge is 0.484 e. The number of carbonyl (C=O) groups excluding carboxylic acids is 3. The molecule has 9 heteroatoms. The summed E-state index contributed by atoms with van der Waals surface area (Å²) in [5, 5.41) is 0. The first-order chi connectivity index (χ1) is 19.3. The first-order valence-electron chi connectivity index (χ1n) is 13.9. The maximum atomic E-state index is 13.2. The fourth-order valence-corrected chi connectivity index (χ4v) is 5.42. The van der Waals surface area contributed by atoms with Gasteiger partial charge in [-0.15, -0.1) is 0 Å². The van der Waals surface area contributed by atoms with E-state index in [-0.39, 0.29) is 42.0 Å². The van der Waals surface area contributed by atoms with Crippen LogP contribution in [0.25, 0.3) is 0 Å². The lowest BCUT2D eigenvalue weighted by molar-refractivity contribution is -0.134. The van der Waals surface area contributed by atoms with E-state index in [1.165, 1.54) is 18.8 Å².